The number of carboxylic acids is 1. The van der Waals surface area contributed by atoms with Crippen molar-refractivity contribution in [1.82, 2.24) is 15.1 Å². The summed E-state index contributed by atoms with van der Waals surface area (Å²) >= 11 is 0. The van der Waals surface area contributed by atoms with Gasteiger partial charge in [0.1, 0.15) is 5.54 Å². The number of nitrogens with one attached hydrogen (secondary N) is 1. The van der Waals surface area contributed by atoms with Crippen molar-refractivity contribution in [3.05, 3.63) is 0 Å². The van der Waals surface area contributed by atoms with Crippen molar-refractivity contribution in [2.24, 2.45) is 0 Å². The number of urea groups is 1. The summed E-state index contributed by atoms with van der Waals surface area (Å²) in [5.74, 6) is -0.852. The Bertz CT molecular complexity index is 355. The summed E-state index contributed by atoms with van der Waals surface area (Å²) in [5, 5.41) is 12.8. The Kier molecular flexibility index (Phi) is 4.29. The molecule has 0 aromatic carbocycles. The van der Waals surface area contributed by atoms with Crippen molar-refractivity contribution in [1.29, 1.82) is 0 Å². The smallest absolute Gasteiger partial charge is 0.329 e. The van der Waals surface area contributed by atoms with Crippen LogP contribution < -0.4 is 5.32 Å². The van der Waals surface area contributed by atoms with E-state index >= 15 is 0 Å². The van der Waals surface area contributed by atoms with Gasteiger partial charge in [-0.15, -0.1) is 0 Å². The average Bonchev–Trinajstić information content (AvgIpc) is 2.84. The molecule has 2 aliphatic rings. The fourth-order valence-corrected chi connectivity index (χ4v) is 3.19. The third-order valence-electron chi connectivity index (χ3n) is 4.17. The number of rotatable bonds is 3. The molecular weight excluding hydrogens is 246 g/mol. The second kappa shape index (κ2) is 5.77. The van der Waals surface area contributed by atoms with Crippen LogP contribution in [0.1, 0.15) is 32.6 Å². The van der Waals surface area contributed by atoms with E-state index in [9.17, 15) is 14.7 Å². The predicted molar refractivity (Wildman–Crippen MR) is 71.1 cm³/mol. The number of amides is 2. The molecule has 0 aliphatic carbocycles. The molecule has 0 aromatic heterocycles. The molecule has 0 saturated carbocycles. The van der Waals surface area contributed by atoms with Gasteiger partial charge in [-0.25, -0.2) is 9.59 Å². The maximum Gasteiger partial charge on any atom is 0.329 e. The Hall–Kier alpha value is -1.30. The fraction of sp³-hybridized carbons (Fsp3) is 0.846. The third-order valence-corrected chi connectivity index (χ3v) is 4.17. The predicted octanol–water partition coefficient (Wildman–Crippen LogP) is 0.731. The molecule has 6 heteroatoms. The van der Waals surface area contributed by atoms with Gasteiger partial charge in [0.25, 0.3) is 0 Å². The van der Waals surface area contributed by atoms with E-state index in [1.54, 1.807) is 9.80 Å². The van der Waals surface area contributed by atoms with E-state index in [0.29, 0.717) is 32.5 Å². The SMILES string of the molecule is CCCC1(C(=O)O)CCCN1C(=O)N1CCNCC1. The van der Waals surface area contributed by atoms with Gasteiger partial charge in [0.15, 0.2) is 0 Å². The van der Waals surface area contributed by atoms with Gasteiger partial charge in [0, 0.05) is 32.7 Å². The summed E-state index contributed by atoms with van der Waals surface area (Å²) in [6.45, 7) is 5.43. The van der Waals surface area contributed by atoms with E-state index in [-0.39, 0.29) is 6.03 Å². The van der Waals surface area contributed by atoms with Crippen LogP contribution in [-0.4, -0.2) is 65.2 Å². The molecule has 2 saturated heterocycles. The minimum absolute atomic E-state index is 0.102. The lowest BCUT2D eigenvalue weighted by Crippen LogP contribution is -2.59. The number of carbonyl (C=O) groups is 2. The molecule has 2 rings (SSSR count). The molecule has 0 bridgehead atoms. The van der Waals surface area contributed by atoms with Gasteiger partial charge < -0.3 is 20.2 Å². The highest BCUT2D eigenvalue weighted by Crippen LogP contribution is 2.34. The standard InChI is InChI=1S/C13H23N3O3/c1-2-4-13(11(17)18)5-3-8-16(13)12(19)15-9-6-14-7-10-15/h14H,2-10H2,1H3,(H,17,18). The Balaban J connectivity index is 2.16. The van der Waals surface area contributed by atoms with Crippen molar-refractivity contribution < 1.29 is 14.7 Å². The van der Waals surface area contributed by atoms with Crippen molar-refractivity contribution in [2.75, 3.05) is 32.7 Å². The van der Waals surface area contributed by atoms with Gasteiger partial charge >= 0.3 is 12.0 Å². The van der Waals surface area contributed by atoms with Crippen LogP contribution in [-0.2, 0) is 4.79 Å². The fourth-order valence-electron chi connectivity index (χ4n) is 3.19. The van der Waals surface area contributed by atoms with Crippen LogP contribution in [0.25, 0.3) is 0 Å². The van der Waals surface area contributed by atoms with Gasteiger partial charge in [-0.3, -0.25) is 0 Å². The Morgan fingerprint density at radius 2 is 1.95 bits per heavy atom. The number of carboxylic acid groups (broad SMARTS) is 1. The molecular formula is C13H23N3O3. The van der Waals surface area contributed by atoms with Gasteiger partial charge in [-0.05, 0) is 19.3 Å². The first-order valence-electron chi connectivity index (χ1n) is 7.12. The largest absolute Gasteiger partial charge is 0.479 e. The lowest BCUT2D eigenvalue weighted by molar-refractivity contribution is -0.148. The third kappa shape index (κ3) is 2.54. The summed E-state index contributed by atoms with van der Waals surface area (Å²) in [7, 11) is 0. The molecule has 1 atom stereocenters. The van der Waals surface area contributed by atoms with Crippen LogP contribution in [0.4, 0.5) is 4.79 Å². The molecule has 6 nitrogen and oxygen atoms in total. The van der Waals surface area contributed by atoms with Gasteiger partial charge in [0.05, 0.1) is 0 Å². The highest BCUT2D eigenvalue weighted by atomic mass is 16.4. The average molecular weight is 269 g/mol. The number of nitrogens with zero attached hydrogens (tertiary/aromatic N) is 2. The summed E-state index contributed by atoms with van der Waals surface area (Å²) in [5.41, 5.74) is -0.975. The number of piperazine rings is 1. The molecule has 0 aromatic rings. The van der Waals surface area contributed by atoms with E-state index in [0.717, 1.165) is 25.9 Å². The van der Waals surface area contributed by atoms with Crippen molar-refractivity contribution in [2.45, 2.75) is 38.1 Å². The number of carbonyl (C=O) groups excluding carboxylic acids is 1. The van der Waals surface area contributed by atoms with E-state index < -0.39 is 11.5 Å². The van der Waals surface area contributed by atoms with E-state index in [1.165, 1.54) is 0 Å². The Morgan fingerprint density at radius 3 is 2.53 bits per heavy atom. The quantitative estimate of drug-likeness (QED) is 0.792. The first-order chi connectivity index (χ1) is 9.12. The molecule has 108 valence electrons. The Labute approximate surface area is 113 Å². The highest BCUT2D eigenvalue weighted by Gasteiger charge is 2.50. The molecule has 0 radical (unpaired) electrons. The topological polar surface area (TPSA) is 72.9 Å². The van der Waals surface area contributed by atoms with Crippen LogP contribution in [0.2, 0.25) is 0 Å². The van der Waals surface area contributed by atoms with Crippen molar-refractivity contribution >= 4 is 12.0 Å². The van der Waals surface area contributed by atoms with E-state index in [4.69, 9.17) is 0 Å². The minimum Gasteiger partial charge on any atom is -0.479 e. The monoisotopic (exact) mass is 269 g/mol. The zero-order valence-electron chi connectivity index (χ0n) is 11.5. The summed E-state index contributed by atoms with van der Waals surface area (Å²) < 4.78 is 0. The normalized spacial score (nSPS) is 27.6. The maximum atomic E-state index is 12.6. The first kappa shape index (κ1) is 14.1. The zero-order chi connectivity index (χ0) is 13.9. The van der Waals surface area contributed by atoms with Crippen LogP contribution in [0.3, 0.4) is 0 Å². The minimum atomic E-state index is -0.975. The molecule has 2 amide bonds. The lowest BCUT2D eigenvalue weighted by atomic mass is 9.91. The second-order valence-corrected chi connectivity index (χ2v) is 5.36. The van der Waals surface area contributed by atoms with Crippen LogP contribution in [0.5, 0.6) is 0 Å². The number of likely N-dealkylation sites (tertiary alicyclic amines) is 1. The first-order valence-corrected chi connectivity index (χ1v) is 7.12. The molecule has 19 heavy (non-hydrogen) atoms. The number of hydrogen-bond donors (Lipinski definition) is 2. The molecule has 1 unspecified atom stereocenters. The van der Waals surface area contributed by atoms with Gasteiger partial charge in [0.2, 0.25) is 0 Å². The van der Waals surface area contributed by atoms with Crippen LogP contribution in [0.15, 0.2) is 0 Å². The molecule has 2 N–H and O–H groups in total. The molecule has 2 aliphatic heterocycles. The number of aliphatic carboxylic acids is 1. The Morgan fingerprint density at radius 1 is 1.26 bits per heavy atom. The van der Waals surface area contributed by atoms with E-state index in [1.807, 2.05) is 6.92 Å². The summed E-state index contributed by atoms with van der Waals surface area (Å²) in [6.07, 6.45) is 2.68. The van der Waals surface area contributed by atoms with Gasteiger partial charge in [-0.1, -0.05) is 13.3 Å². The highest BCUT2D eigenvalue weighted by molar-refractivity contribution is 5.87. The summed E-state index contributed by atoms with van der Waals surface area (Å²) in [4.78, 5) is 27.6. The van der Waals surface area contributed by atoms with Crippen LogP contribution >= 0.6 is 0 Å². The zero-order valence-corrected chi connectivity index (χ0v) is 11.5. The summed E-state index contributed by atoms with van der Waals surface area (Å²) in [6, 6.07) is -0.102. The molecule has 0 spiro atoms. The molecule has 2 heterocycles. The number of hydrogen-bond acceptors (Lipinski definition) is 3. The van der Waals surface area contributed by atoms with Crippen LogP contribution in [0, 0.1) is 0 Å². The van der Waals surface area contributed by atoms with Crippen molar-refractivity contribution in [3.8, 4) is 0 Å². The maximum absolute atomic E-state index is 12.6. The molecule has 2 fully saturated rings. The lowest BCUT2D eigenvalue weighted by Gasteiger charge is -2.39. The van der Waals surface area contributed by atoms with Gasteiger partial charge in [-0.2, -0.15) is 0 Å². The second-order valence-electron chi connectivity index (χ2n) is 5.36. The van der Waals surface area contributed by atoms with Crippen molar-refractivity contribution in [3.63, 3.8) is 0 Å². The van der Waals surface area contributed by atoms with E-state index in [2.05, 4.69) is 5.32 Å².